The minimum Gasteiger partial charge on any atom is -0.392 e. The van der Waals surface area contributed by atoms with Gasteiger partial charge in [-0.15, -0.1) is 0 Å². The number of carbonyl (C=O) groups excluding carboxylic acids is 1. The zero-order valence-corrected chi connectivity index (χ0v) is 14.8. The first-order chi connectivity index (χ1) is 12.3. The van der Waals surface area contributed by atoms with Gasteiger partial charge in [0.15, 0.2) is 0 Å². The second-order valence-corrected chi connectivity index (χ2v) is 6.47. The van der Waals surface area contributed by atoms with E-state index in [2.05, 4.69) is 20.3 Å². The van der Waals surface area contributed by atoms with Crippen LogP contribution in [-0.4, -0.2) is 45.0 Å². The number of nitrogens with one attached hydrogen (secondary N) is 3. The molecule has 3 rings (SSSR count). The van der Waals surface area contributed by atoms with Crippen molar-refractivity contribution in [2.45, 2.75) is 25.8 Å². The number of halogens is 1. The predicted molar refractivity (Wildman–Crippen MR) is 96.6 cm³/mol. The fourth-order valence-corrected chi connectivity index (χ4v) is 3.10. The van der Waals surface area contributed by atoms with Gasteiger partial charge in [-0.2, -0.15) is 0 Å². The van der Waals surface area contributed by atoms with Crippen LogP contribution in [0.4, 0.5) is 11.6 Å². The molecule has 1 fully saturated rings. The number of nitrogen functional groups attached to an aromatic ring is 1. The number of H-pyrrole nitrogens is 2. The molecule has 26 heavy (non-hydrogen) atoms. The van der Waals surface area contributed by atoms with Crippen LogP contribution in [0, 0.1) is 6.92 Å². The van der Waals surface area contributed by atoms with Gasteiger partial charge in [0.2, 0.25) is 5.95 Å². The Kier molecular flexibility index (Phi) is 4.94. The highest BCUT2D eigenvalue weighted by atomic mass is 35.5. The molecule has 10 nitrogen and oxygen atoms in total. The molecule has 0 aliphatic carbocycles. The summed E-state index contributed by atoms with van der Waals surface area (Å²) < 4.78 is 0. The van der Waals surface area contributed by atoms with E-state index >= 15 is 0 Å². The third-order valence-corrected chi connectivity index (χ3v) is 4.25. The van der Waals surface area contributed by atoms with Crippen LogP contribution in [0.5, 0.6) is 0 Å². The lowest BCUT2D eigenvalue weighted by Gasteiger charge is -2.33. The lowest BCUT2D eigenvalue weighted by molar-refractivity contribution is 0.0928. The first-order valence-corrected chi connectivity index (χ1v) is 8.40. The fraction of sp³-hybridized carbons (Fsp3) is 0.400. The summed E-state index contributed by atoms with van der Waals surface area (Å²) in [5, 5.41) is 3.14. The van der Waals surface area contributed by atoms with E-state index in [1.807, 2.05) is 16.8 Å². The Morgan fingerprint density at radius 3 is 2.88 bits per heavy atom. The molecule has 0 aromatic carbocycles. The maximum Gasteiger partial charge on any atom is 0.326 e. The van der Waals surface area contributed by atoms with Gasteiger partial charge in [-0.3, -0.25) is 14.6 Å². The maximum atomic E-state index is 12.4. The predicted octanol–water partition coefficient (Wildman–Crippen LogP) is -0.204. The van der Waals surface area contributed by atoms with Crippen LogP contribution >= 0.6 is 11.6 Å². The molecule has 1 aliphatic rings. The number of anilines is 2. The zero-order valence-electron chi connectivity index (χ0n) is 14.0. The highest BCUT2D eigenvalue weighted by Crippen LogP contribution is 2.19. The van der Waals surface area contributed by atoms with Crippen molar-refractivity contribution >= 4 is 29.1 Å². The van der Waals surface area contributed by atoms with E-state index in [9.17, 15) is 14.4 Å². The van der Waals surface area contributed by atoms with Crippen LogP contribution in [-0.2, 0) is 0 Å². The minimum absolute atomic E-state index is 0.221. The molecule has 1 amide bonds. The summed E-state index contributed by atoms with van der Waals surface area (Å²) >= 11 is 5.99. The molecule has 1 atom stereocenters. The van der Waals surface area contributed by atoms with E-state index in [1.54, 1.807) is 6.07 Å². The Morgan fingerprint density at radius 2 is 2.15 bits per heavy atom. The van der Waals surface area contributed by atoms with Crippen molar-refractivity contribution in [1.82, 2.24) is 25.3 Å². The van der Waals surface area contributed by atoms with Crippen molar-refractivity contribution in [2.75, 3.05) is 23.7 Å². The molecule has 0 radical (unpaired) electrons. The van der Waals surface area contributed by atoms with Crippen molar-refractivity contribution in [3.05, 3.63) is 43.4 Å². The third-order valence-electron chi connectivity index (χ3n) is 4.06. The highest BCUT2D eigenvalue weighted by Gasteiger charge is 2.25. The van der Waals surface area contributed by atoms with Gasteiger partial charge in [0, 0.05) is 24.8 Å². The van der Waals surface area contributed by atoms with E-state index in [4.69, 9.17) is 17.3 Å². The van der Waals surface area contributed by atoms with Gasteiger partial charge in [0.1, 0.15) is 16.5 Å². The standard InChI is InChI=1S/C15H18ClN7O3/c1-7-5-9(16)20-14(18-7)23-4-2-3-8(6-23)19-13(25)11-10(17)12(24)22-15(26)21-11/h5,8H,2-4,6,17H2,1H3,(H,19,25)(H2,21,22,24,26). The number of rotatable bonds is 3. The SMILES string of the molecule is Cc1cc(Cl)nc(N2CCCC(NC(=O)c3[nH]c(=O)[nH]c(=O)c3N)C2)n1. The monoisotopic (exact) mass is 379 g/mol. The first-order valence-electron chi connectivity index (χ1n) is 8.02. The number of nitrogens with two attached hydrogens (primary N) is 1. The van der Waals surface area contributed by atoms with Gasteiger partial charge < -0.3 is 20.9 Å². The topological polar surface area (TPSA) is 150 Å². The summed E-state index contributed by atoms with van der Waals surface area (Å²) in [6, 6.07) is 1.45. The molecule has 3 heterocycles. The Morgan fingerprint density at radius 1 is 1.38 bits per heavy atom. The van der Waals surface area contributed by atoms with Crippen molar-refractivity contribution < 1.29 is 4.79 Å². The number of nitrogens with zero attached hydrogens (tertiary/aromatic N) is 3. The number of aromatic nitrogens is 4. The highest BCUT2D eigenvalue weighted by molar-refractivity contribution is 6.29. The molecule has 138 valence electrons. The summed E-state index contributed by atoms with van der Waals surface area (Å²) in [7, 11) is 0. The lowest BCUT2D eigenvalue weighted by atomic mass is 10.1. The number of piperidine rings is 1. The number of hydrogen-bond donors (Lipinski definition) is 4. The summed E-state index contributed by atoms with van der Waals surface area (Å²) in [5.41, 5.74) is 4.18. The molecule has 11 heteroatoms. The first kappa shape index (κ1) is 17.9. The Bertz CT molecular complexity index is 935. The van der Waals surface area contributed by atoms with Crippen molar-refractivity contribution in [3.63, 3.8) is 0 Å². The number of carbonyl (C=O) groups is 1. The smallest absolute Gasteiger partial charge is 0.326 e. The molecular weight excluding hydrogens is 362 g/mol. The molecule has 1 unspecified atom stereocenters. The summed E-state index contributed by atoms with van der Waals surface area (Å²) in [5.74, 6) is -0.112. The maximum absolute atomic E-state index is 12.4. The van der Waals surface area contributed by atoms with Crippen LogP contribution in [0.3, 0.4) is 0 Å². The molecule has 2 aromatic rings. The lowest BCUT2D eigenvalue weighted by Crippen LogP contribution is -2.49. The van der Waals surface area contributed by atoms with E-state index < -0.39 is 17.2 Å². The normalized spacial score (nSPS) is 17.2. The molecule has 5 N–H and O–H groups in total. The summed E-state index contributed by atoms with van der Waals surface area (Å²) in [4.78, 5) is 50.1. The van der Waals surface area contributed by atoms with Crippen LogP contribution in [0.2, 0.25) is 5.15 Å². The Labute approximate surface area is 152 Å². The van der Waals surface area contributed by atoms with Gasteiger partial charge >= 0.3 is 5.69 Å². The second-order valence-electron chi connectivity index (χ2n) is 6.09. The van der Waals surface area contributed by atoms with E-state index in [0.29, 0.717) is 17.6 Å². The number of hydrogen-bond acceptors (Lipinski definition) is 7. The Hall–Kier alpha value is -2.88. The molecule has 0 bridgehead atoms. The van der Waals surface area contributed by atoms with Crippen LogP contribution < -0.4 is 27.2 Å². The zero-order chi connectivity index (χ0) is 18.8. The van der Waals surface area contributed by atoms with Crippen molar-refractivity contribution in [1.29, 1.82) is 0 Å². The second kappa shape index (κ2) is 7.16. The summed E-state index contributed by atoms with van der Waals surface area (Å²) in [6.07, 6.45) is 1.54. The van der Waals surface area contributed by atoms with Gasteiger partial charge in [0.05, 0.1) is 0 Å². The molecule has 0 spiro atoms. The van der Waals surface area contributed by atoms with Crippen LogP contribution in [0.1, 0.15) is 29.0 Å². The van der Waals surface area contributed by atoms with Crippen molar-refractivity contribution in [3.8, 4) is 0 Å². The van der Waals surface area contributed by atoms with E-state index in [-0.39, 0.29) is 17.4 Å². The average Bonchev–Trinajstić information content (AvgIpc) is 2.57. The molecule has 2 aromatic heterocycles. The van der Waals surface area contributed by atoms with Gasteiger partial charge in [0.25, 0.3) is 11.5 Å². The van der Waals surface area contributed by atoms with Gasteiger partial charge in [-0.1, -0.05) is 11.6 Å². The molecule has 1 aliphatic heterocycles. The largest absolute Gasteiger partial charge is 0.392 e. The minimum atomic E-state index is -0.799. The number of aromatic amines is 2. The number of amides is 1. The molecule has 1 saturated heterocycles. The number of aryl methyl sites for hydroxylation is 1. The van der Waals surface area contributed by atoms with Gasteiger partial charge in [-0.05, 0) is 25.8 Å². The van der Waals surface area contributed by atoms with E-state index in [1.165, 1.54) is 0 Å². The quantitative estimate of drug-likeness (QED) is 0.539. The van der Waals surface area contributed by atoms with E-state index in [0.717, 1.165) is 25.1 Å². The Balaban J connectivity index is 1.75. The van der Waals surface area contributed by atoms with Gasteiger partial charge in [-0.25, -0.2) is 14.8 Å². The van der Waals surface area contributed by atoms with Crippen LogP contribution in [0.25, 0.3) is 0 Å². The average molecular weight is 380 g/mol. The molecular formula is C15H18ClN7O3. The molecule has 0 saturated carbocycles. The fourth-order valence-electron chi connectivity index (χ4n) is 2.87. The van der Waals surface area contributed by atoms with Crippen LogP contribution in [0.15, 0.2) is 15.7 Å². The van der Waals surface area contributed by atoms with Crippen molar-refractivity contribution in [2.24, 2.45) is 0 Å². The summed E-state index contributed by atoms with van der Waals surface area (Å²) in [6.45, 7) is 3.03. The third kappa shape index (κ3) is 3.85.